The van der Waals surface area contributed by atoms with Crippen molar-refractivity contribution >= 4 is 17.6 Å². The number of hydrogen-bond donors (Lipinski definition) is 1. The van der Waals surface area contributed by atoms with Gasteiger partial charge >= 0.3 is 5.97 Å². The van der Waals surface area contributed by atoms with Crippen LogP contribution in [0.1, 0.15) is 26.3 Å². The van der Waals surface area contributed by atoms with Gasteiger partial charge in [0, 0.05) is 0 Å². The lowest BCUT2D eigenvalue weighted by Crippen LogP contribution is -2.37. The quantitative estimate of drug-likeness (QED) is 0.671. The average molecular weight is 301 g/mol. The highest BCUT2D eigenvalue weighted by Gasteiger charge is 2.29. The molecule has 0 heterocycles. The van der Waals surface area contributed by atoms with Crippen LogP contribution in [0.15, 0.2) is 24.3 Å². The number of aliphatic hydroxyl groups is 1. The maximum absolute atomic E-state index is 11.8. The third-order valence-electron chi connectivity index (χ3n) is 2.60. The van der Waals surface area contributed by atoms with Crippen LogP contribution >= 0.6 is 11.6 Å². The summed E-state index contributed by atoms with van der Waals surface area (Å²) in [4.78, 5) is 11.8. The number of aliphatic hydroxyl groups excluding tert-OH is 1. The molecule has 5 heteroatoms. The highest BCUT2D eigenvalue weighted by Crippen LogP contribution is 2.22. The van der Waals surface area contributed by atoms with E-state index in [4.69, 9.17) is 21.1 Å². The minimum Gasteiger partial charge on any atom is -0.496 e. The summed E-state index contributed by atoms with van der Waals surface area (Å²) in [6.07, 6.45) is -1.06. The van der Waals surface area contributed by atoms with Gasteiger partial charge in [-0.3, -0.25) is 0 Å². The molecule has 0 saturated heterocycles. The van der Waals surface area contributed by atoms with E-state index in [1.54, 1.807) is 33.9 Å². The van der Waals surface area contributed by atoms with E-state index < -0.39 is 23.1 Å². The number of ether oxygens (including phenoxy) is 2. The molecule has 2 atom stereocenters. The Balaban J connectivity index is 2.70. The first-order valence-corrected chi connectivity index (χ1v) is 6.85. The standard InChI is InChI=1S/C15H21ClO4/c1-15(2,3)20-14(18)13(17)11(16)9-10-7-5-6-8-12(10)19-4/h5-8,11,13,17H,9H2,1-4H3/t11-,13-/m1/s1. The Bertz CT molecular complexity index is 453. The Hall–Kier alpha value is -1.26. The molecular weight excluding hydrogens is 280 g/mol. The smallest absolute Gasteiger partial charge is 0.337 e. The zero-order valence-corrected chi connectivity index (χ0v) is 13.0. The van der Waals surface area contributed by atoms with Gasteiger partial charge < -0.3 is 14.6 Å². The second-order valence-electron chi connectivity index (χ2n) is 5.51. The van der Waals surface area contributed by atoms with E-state index in [-0.39, 0.29) is 0 Å². The predicted octanol–water partition coefficient (Wildman–Crippen LogP) is 2.55. The summed E-state index contributed by atoms with van der Waals surface area (Å²) >= 11 is 6.11. The van der Waals surface area contributed by atoms with Crippen LogP contribution in [0.2, 0.25) is 0 Å². The normalized spacial score (nSPS) is 14.5. The number of benzene rings is 1. The van der Waals surface area contributed by atoms with E-state index in [1.165, 1.54) is 0 Å². The Morgan fingerprint density at radius 1 is 1.35 bits per heavy atom. The molecule has 0 spiro atoms. The van der Waals surface area contributed by atoms with Gasteiger partial charge in [0.05, 0.1) is 12.5 Å². The zero-order chi connectivity index (χ0) is 15.3. The van der Waals surface area contributed by atoms with Crippen LogP contribution in [-0.2, 0) is 16.0 Å². The fourth-order valence-electron chi connectivity index (χ4n) is 1.70. The first-order valence-electron chi connectivity index (χ1n) is 6.41. The topological polar surface area (TPSA) is 55.8 Å². The number of carbonyl (C=O) groups excluding carboxylic acids is 1. The molecule has 0 fully saturated rings. The second-order valence-corrected chi connectivity index (χ2v) is 6.07. The molecule has 0 bridgehead atoms. The molecule has 1 aromatic carbocycles. The van der Waals surface area contributed by atoms with Crippen LogP contribution in [0, 0.1) is 0 Å². The summed E-state index contributed by atoms with van der Waals surface area (Å²) in [5.74, 6) is -0.0399. The summed E-state index contributed by atoms with van der Waals surface area (Å²) in [6, 6.07) is 7.34. The van der Waals surface area contributed by atoms with Gasteiger partial charge in [0.1, 0.15) is 11.4 Å². The van der Waals surface area contributed by atoms with Gasteiger partial charge in [-0.1, -0.05) is 18.2 Å². The van der Waals surface area contributed by atoms with Crippen LogP contribution < -0.4 is 4.74 Å². The molecule has 0 unspecified atom stereocenters. The maximum Gasteiger partial charge on any atom is 0.337 e. The molecule has 0 saturated carbocycles. The monoisotopic (exact) mass is 300 g/mol. The van der Waals surface area contributed by atoms with Gasteiger partial charge in [0.25, 0.3) is 0 Å². The van der Waals surface area contributed by atoms with Gasteiger partial charge in [-0.05, 0) is 38.8 Å². The lowest BCUT2D eigenvalue weighted by molar-refractivity contribution is -0.165. The highest BCUT2D eigenvalue weighted by molar-refractivity contribution is 6.22. The van der Waals surface area contributed by atoms with E-state index in [0.717, 1.165) is 5.56 Å². The largest absolute Gasteiger partial charge is 0.496 e. The summed E-state index contributed by atoms with van der Waals surface area (Å²) in [5.41, 5.74) is 0.177. The number of alkyl halides is 1. The number of carbonyl (C=O) groups is 1. The summed E-state index contributed by atoms with van der Waals surface area (Å²) in [6.45, 7) is 5.21. The number of methoxy groups -OCH3 is 1. The van der Waals surface area contributed by atoms with Crippen LogP contribution in [0.5, 0.6) is 5.75 Å². The van der Waals surface area contributed by atoms with Crippen molar-refractivity contribution in [1.82, 2.24) is 0 Å². The number of para-hydroxylation sites is 1. The molecule has 0 radical (unpaired) electrons. The zero-order valence-electron chi connectivity index (χ0n) is 12.2. The number of esters is 1. The lowest BCUT2D eigenvalue weighted by atomic mass is 10.0. The molecule has 1 aromatic rings. The summed E-state index contributed by atoms with van der Waals surface area (Å²) < 4.78 is 10.3. The third-order valence-corrected chi connectivity index (χ3v) is 2.99. The van der Waals surface area contributed by atoms with Gasteiger partial charge in [-0.15, -0.1) is 11.6 Å². The minimum atomic E-state index is -1.37. The molecule has 4 nitrogen and oxygen atoms in total. The highest BCUT2D eigenvalue weighted by atomic mass is 35.5. The molecular formula is C15H21ClO4. The third kappa shape index (κ3) is 5.02. The second kappa shape index (κ2) is 6.95. The Morgan fingerprint density at radius 3 is 2.50 bits per heavy atom. The van der Waals surface area contributed by atoms with Crippen molar-refractivity contribution in [2.75, 3.05) is 7.11 Å². The fourth-order valence-corrected chi connectivity index (χ4v) is 1.97. The fraction of sp³-hybridized carbons (Fsp3) is 0.533. The van der Waals surface area contributed by atoms with Crippen molar-refractivity contribution in [3.05, 3.63) is 29.8 Å². The van der Waals surface area contributed by atoms with Gasteiger partial charge in [0.15, 0.2) is 6.10 Å². The molecule has 1 rings (SSSR count). The number of halogens is 1. The maximum atomic E-state index is 11.8. The van der Waals surface area contributed by atoms with Crippen LogP contribution in [0.3, 0.4) is 0 Å². The average Bonchev–Trinajstić information content (AvgIpc) is 2.36. The van der Waals surface area contributed by atoms with Crippen LogP contribution in [0.4, 0.5) is 0 Å². The Kier molecular flexibility index (Phi) is 5.84. The van der Waals surface area contributed by atoms with Crippen molar-refractivity contribution in [3.8, 4) is 5.75 Å². The first-order chi connectivity index (χ1) is 9.24. The minimum absolute atomic E-state index is 0.311. The van der Waals surface area contributed by atoms with Gasteiger partial charge in [-0.2, -0.15) is 0 Å². The van der Waals surface area contributed by atoms with Crippen LogP contribution in [0.25, 0.3) is 0 Å². The SMILES string of the molecule is COc1ccccc1C[C@@H](Cl)[C@@H](O)C(=O)OC(C)(C)C. The molecule has 0 amide bonds. The Labute approximate surface area is 124 Å². The molecule has 1 N–H and O–H groups in total. The molecule has 0 aromatic heterocycles. The predicted molar refractivity (Wildman–Crippen MR) is 78.2 cm³/mol. The molecule has 20 heavy (non-hydrogen) atoms. The van der Waals surface area contributed by atoms with Gasteiger partial charge in [-0.25, -0.2) is 4.79 Å². The Morgan fingerprint density at radius 2 is 1.95 bits per heavy atom. The molecule has 0 aliphatic heterocycles. The van der Waals surface area contributed by atoms with Crippen molar-refractivity contribution in [1.29, 1.82) is 0 Å². The molecule has 0 aliphatic carbocycles. The van der Waals surface area contributed by atoms with E-state index in [0.29, 0.717) is 12.2 Å². The lowest BCUT2D eigenvalue weighted by Gasteiger charge is -2.23. The van der Waals surface area contributed by atoms with Crippen molar-refractivity contribution in [3.63, 3.8) is 0 Å². The van der Waals surface area contributed by atoms with Crippen molar-refractivity contribution in [2.45, 2.75) is 44.3 Å². The number of rotatable bonds is 5. The van der Waals surface area contributed by atoms with Crippen LogP contribution in [-0.4, -0.2) is 35.3 Å². The van der Waals surface area contributed by atoms with Crippen molar-refractivity contribution < 1.29 is 19.4 Å². The first kappa shape index (κ1) is 16.8. The summed E-state index contributed by atoms with van der Waals surface area (Å²) in [5, 5.41) is 9.15. The van der Waals surface area contributed by atoms with E-state index in [1.807, 2.05) is 18.2 Å². The van der Waals surface area contributed by atoms with E-state index in [9.17, 15) is 9.90 Å². The molecule has 112 valence electrons. The van der Waals surface area contributed by atoms with Gasteiger partial charge in [0.2, 0.25) is 0 Å². The summed E-state index contributed by atoms with van der Waals surface area (Å²) in [7, 11) is 1.56. The van der Waals surface area contributed by atoms with E-state index >= 15 is 0 Å². The molecule has 0 aliphatic rings. The number of hydrogen-bond acceptors (Lipinski definition) is 4. The van der Waals surface area contributed by atoms with Crippen molar-refractivity contribution in [2.24, 2.45) is 0 Å². The van der Waals surface area contributed by atoms with E-state index in [2.05, 4.69) is 0 Å².